The van der Waals surface area contributed by atoms with Crippen molar-refractivity contribution in [3.8, 4) is 0 Å². The fourth-order valence-electron chi connectivity index (χ4n) is 3.58. The zero-order valence-corrected chi connectivity index (χ0v) is 15.1. The Morgan fingerprint density at radius 1 is 0.917 bits per heavy atom. The highest BCUT2D eigenvalue weighted by molar-refractivity contribution is 5.81. The van der Waals surface area contributed by atoms with Gasteiger partial charge in [0.15, 0.2) is 0 Å². The molecule has 1 aliphatic carbocycles. The minimum absolute atomic E-state index is 0.178. The maximum atomic E-state index is 12.6. The van der Waals surface area contributed by atoms with Crippen molar-refractivity contribution >= 4 is 11.8 Å². The maximum absolute atomic E-state index is 12.6. The molecule has 2 aliphatic rings. The Kier molecular flexibility index (Phi) is 4.93. The highest BCUT2D eigenvalue weighted by Crippen LogP contribution is 2.28. The molecule has 1 aromatic carbocycles. The van der Waals surface area contributed by atoms with Gasteiger partial charge in [0, 0.05) is 32.1 Å². The van der Waals surface area contributed by atoms with Gasteiger partial charge in [-0.1, -0.05) is 18.6 Å². The highest BCUT2D eigenvalue weighted by Gasteiger charge is 2.32. The Hall–Kier alpha value is -1.84. The van der Waals surface area contributed by atoms with Crippen LogP contribution in [-0.2, 0) is 16.0 Å². The molecule has 3 rings (SSSR count). The maximum Gasteiger partial charge on any atom is 0.227 e. The number of carbonyl (C=O) groups excluding carboxylic acids is 2. The van der Waals surface area contributed by atoms with Crippen molar-refractivity contribution in [1.82, 2.24) is 9.80 Å². The number of nitrogens with zero attached hydrogens (tertiary/aromatic N) is 2. The number of hydrogen-bond donors (Lipinski definition) is 0. The van der Waals surface area contributed by atoms with Gasteiger partial charge in [0.2, 0.25) is 11.8 Å². The van der Waals surface area contributed by atoms with Gasteiger partial charge in [-0.25, -0.2) is 0 Å². The average molecular weight is 328 g/mol. The summed E-state index contributed by atoms with van der Waals surface area (Å²) in [5.74, 6) is 0.737. The van der Waals surface area contributed by atoms with Gasteiger partial charge < -0.3 is 9.80 Å². The molecule has 1 saturated heterocycles. The molecular weight excluding hydrogens is 300 g/mol. The molecule has 0 unspecified atom stereocenters. The molecule has 1 saturated carbocycles. The van der Waals surface area contributed by atoms with Crippen LogP contribution < -0.4 is 0 Å². The van der Waals surface area contributed by atoms with E-state index in [1.54, 1.807) is 0 Å². The molecule has 0 bridgehead atoms. The predicted octanol–water partition coefficient (Wildman–Crippen LogP) is 2.63. The number of amides is 2. The molecule has 1 heterocycles. The van der Waals surface area contributed by atoms with Crippen molar-refractivity contribution in [2.75, 3.05) is 26.2 Å². The van der Waals surface area contributed by atoms with Crippen molar-refractivity contribution < 1.29 is 9.59 Å². The number of hydrogen-bond acceptors (Lipinski definition) is 2. The van der Waals surface area contributed by atoms with E-state index in [1.165, 1.54) is 23.1 Å². The second-order valence-corrected chi connectivity index (χ2v) is 7.37. The summed E-state index contributed by atoms with van der Waals surface area (Å²) in [5.41, 5.74) is 4.81. The fourth-order valence-corrected chi connectivity index (χ4v) is 3.58. The van der Waals surface area contributed by atoms with Crippen LogP contribution >= 0.6 is 0 Å². The second-order valence-electron chi connectivity index (χ2n) is 7.37. The monoisotopic (exact) mass is 328 g/mol. The van der Waals surface area contributed by atoms with Crippen molar-refractivity contribution in [3.05, 3.63) is 34.4 Å². The Morgan fingerprint density at radius 2 is 1.50 bits per heavy atom. The molecule has 0 N–H and O–H groups in total. The van der Waals surface area contributed by atoms with E-state index < -0.39 is 0 Å². The van der Waals surface area contributed by atoms with Crippen LogP contribution in [0, 0.1) is 26.7 Å². The van der Waals surface area contributed by atoms with E-state index >= 15 is 0 Å². The van der Waals surface area contributed by atoms with E-state index in [0.29, 0.717) is 38.5 Å². The van der Waals surface area contributed by atoms with Crippen LogP contribution in [0.5, 0.6) is 0 Å². The molecule has 0 radical (unpaired) electrons. The van der Waals surface area contributed by atoms with Gasteiger partial charge in [-0.05, 0) is 55.9 Å². The first kappa shape index (κ1) is 17.0. The summed E-state index contributed by atoms with van der Waals surface area (Å²) < 4.78 is 0. The second kappa shape index (κ2) is 6.96. The lowest BCUT2D eigenvalue weighted by molar-refractivity contribution is -0.143. The minimum Gasteiger partial charge on any atom is -0.339 e. The molecule has 1 aromatic rings. The predicted molar refractivity (Wildman–Crippen MR) is 94.9 cm³/mol. The molecule has 0 spiro atoms. The number of carbonyl (C=O) groups is 2. The number of aryl methyl sites for hydroxylation is 3. The third-order valence-corrected chi connectivity index (χ3v) is 5.69. The Labute approximate surface area is 144 Å². The molecular formula is C20H28N2O2. The Bertz CT molecular complexity index is 641. The molecule has 4 nitrogen and oxygen atoms in total. The molecule has 24 heavy (non-hydrogen) atoms. The summed E-state index contributed by atoms with van der Waals surface area (Å²) in [6.45, 7) is 8.98. The van der Waals surface area contributed by atoms with Gasteiger partial charge in [-0.15, -0.1) is 0 Å². The summed E-state index contributed by atoms with van der Waals surface area (Å²) >= 11 is 0. The van der Waals surface area contributed by atoms with Crippen molar-refractivity contribution in [2.45, 2.75) is 46.5 Å². The first-order valence-corrected chi connectivity index (χ1v) is 9.09. The van der Waals surface area contributed by atoms with Crippen molar-refractivity contribution in [2.24, 2.45) is 5.92 Å². The quantitative estimate of drug-likeness (QED) is 0.856. The smallest absolute Gasteiger partial charge is 0.227 e. The van der Waals surface area contributed by atoms with Crippen LogP contribution in [0.25, 0.3) is 0 Å². The van der Waals surface area contributed by atoms with Gasteiger partial charge in [0.05, 0.1) is 6.42 Å². The summed E-state index contributed by atoms with van der Waals surface area (Å²) in [6.07, 6.45) is 3.74. The third kappa shape index (κ3) is 3.47. The topological polar surface area (TPSA) is 40.6 Å². The zero-order valence-electron chi connectivity index (χ0n) is 15.1. The van der Waals surface area contributed by atoms with Gasteiger partial charge >= 0.3 is 0 Å². The lowest BCUT2D eigenvalue weighted by atomic mass is 9.84. The summed E-state index contributed by atoms with van der Waals surface area (Å²) in [5, 5.41) is 0. The largest absolute Gasteiger partial charge is 0.339 e. The van der Waals surface area contributed by atoms with Crippen molar-refractivity contribution in [3.63, 3.8) is 0 Å². The molecule has 0 aromatic heterocycles. The van der Waals surface area contributed by atoms with E-state index in [9.17, 15) is 9.59 Å². The van der Waals surface area contributed by atoms with Crippen LogP contribution in [-0.4, -0.2) is 47.8 Å². The fraction of sp³-hybridized carbons (Fsp3) is 0.600. The van der Waals surface area contributed by atoms with Crippen LogP contribution in [0.2, 0.25) is 0 Å². The minimum atomic E-state index is 0.178. The van der Waals surface area contributed by atoms with Gasteiger partial charge in [-0.3, -0.25) is 9.59 Å². The van der Waals surface area contributed by atoms with E-state index in [0.717, 1.165) is 18.4 Å². The molecule has 130 valence electrons. The summed E-state index contributed by atoms with van der Waals surface area (Å²) in [6, 6.07) is 4.30. The van der Waals surface area contributed by atoms with Crippen LogP contribution in [0.4, 0.5) is 0 Å². The van der Waals surface area contributed by atoms with Gasteiger partial charge in [0.1, 0.15) is 0 Å². The normalized spacial score (nSPS) is 18.5. The SMILES string of the molecule is Cc1cc(C)c(CC(=O)N2CCN(C(=O)C3CCC3)CC2)cc1C. The standard InChI is InChI=1S/C20H28N2O2/c1-14-11-16(3)18(12-15(14)2)13-19(23)21-7-9-22(10-8-21)20(24)17-5-4-6-17/h11-12,17H,4-10,13H2,1-3H3. The summed E-state index contributed by atoms with van der Waals surface area (Å²) in [4.78, 5) is 28.8. The van der Waals surface area contributed by atoms with E-state index in [1.807, 2.05) is 9.80 Å². The first-order valence-electron chi connectivity index (χ1n) is 9.09. The molecule has 1 aliphatic heterocycles. The summed E-state index contributed by atoms with van der Waals surface area (Å²) in [7, 11) is 0. The molecule has 0 atom stereocenters. The first-order chi connectivity index (χ1) is 11.5. The number of rotatable bonds is 3. The zero-order chi connectivity index (χ0) is 17.3. The third-order valence-electron chi connectivity index (χ3n) is 5.69. The van der Waals surface area contributed by atoms with Crippen molar-refractivity contribution in [1.29, 1.82) is 0 Å². The van der Waals surface area contributed by atoms with Gasteiger partial charge in [-0.2, -0.15) is 0 Å². The highest BCUT2D eigenvalue weighted by atomic mass is 16.2. The van der Waals surface area contributed by atoms with Crippen LogP contribution in [0.3, 0.4) is 0 Å². The Morgan fingerprint density at radius 3 is 2.08 bits per heavy atom. The van der Waals surface area contributed by atoms with Crippen LogP contribution in [0.1, 0.15) is 41.5 Å². The Balaban J connectivity index is 1.55. The van der Waals surface area contributed by atoms with Crippen LogP contribution in [0.15, 0.2) is 12.1 Å². The van der Waals surface area contributed by atoms with E-state index in [4.69, 9.17) is 0 Å². The number of benzene rings is 1. The average Bonchev–Trinajstić information content (AvgIpc) is 2.51. The lowest BCUT2D eigenvalue weighted by Gasteiger charge is -2.38. The van der Waals surface area contributed by atoms with E-state index in [2.05, 4.69) is 32.9 Å². The molecule has 4 heteroatoms. The number of piperazine rings is 1. The lowest BCUT2D eigenvalue weighted by Crippen LogP contribution is -2.52. The van der Waals surface area contributed by atoms with Gasteiger partial charge in [0.25, 0.3) is 0 Å². The van der Waals surface area contributed by atoms with E-state index in [-0.39, 0.29) is 11.8 Å². The molecule has 2 amide bonds. The molecule has 2 fully saturated rings.